The molecule has 0 N–H and O–H groups in total. The molecular weight excluding hydrogens is 420 g/mol. The Labute approximate surface area is 186 Å². The monoisotopic (exact) mass is 441 g/mol. The fraction of sp³-hybridized carbons (Fsp3) is 0.280. The van der Waals surface area contributed by atoms with Gasteiger partial charge in [-0.15, -0.1) is 0 Å². The summed E-state index contributed by atoms with van der Waals surface area (Å²) in [6.07, 6.45) is 1.61. The lowest BCUT2D eigenvalue weighted by Gasteiger charge is -2.40. The summed E-state index contributed by atoms with van der Waals surface area (Å²) in [7, 11) is 0. The fourth-order valence-electron chi connectivity index (χ4n) is 4.82. The van der Waals surface area contributed by atoms with Crippen LogP contribution in [0.2, 0.25) is 10.0 Å². The maximum absolute atomic E-state index is 13.5. The largest absolute Gasteiger partial charge is 0.358 e. The standard InChI is InChI=1S/C25H22Cl2FNO/c26-19-13-18(14-20(27)15-19)24-22-6-1-2-7-23(22)25(30-24)8-10-29(11-9-25)16-17-4-3-5-21(28)12-17/h1-7,12-15,24H,8-11,16H2. The highest BCUT2D eigenvalue weighted by Crippen LogP contribution is 2.51. The topological polar surface area (TPSA) is 12.5 Å². The van der Waals surface area contributed by atoms with Crippen LogP contribution in [0.15, 0.2) is 66.7 Å². The highest BCUT2D eigenvalue weighted by molar-refractivity contribution is 6.34. The molecule has 0 bridgehead atoms. The molecule has 3 aromatic carbocycles. The average Bonchev–Trinajstić information content (AvgIpc) is 3.04. The van der Waals surface area contributed by atoms with Crippen molar-refractivity contribution in [2.45, 2.75) is 31.1 Å². The normalized spacial score (nSPS) is 20.4. The van der Waals surface area contributed by atoms with Crippen LogP contribution in [-0.2, 0) is 16.9 Å². The van der Waals surface area contributed by atoms with Gasteiger partial charge in [-0.3, -0.25) is 4.90 Å². The average molecular weight is 442 g/mol. The SMILES string of the molecule is Fc1cccc(CN2CCC3(CC2)OC(c2cc(Cl)cc(Cl)c2)c2ccccc23)c1. The fourth-order valence-corrected chi connectivity index (χ4v) is 5.36. The Morgan fingerprint density at radius 3 is 2.40 bits per heavy atom. The maximum Gasteiger partial charge on any atom is 0.123 e. The predicted molar refractivity (Wildman–Crippen MR) is 118 cm³/mol. The van der Waals surface area contributed by atoms with E-state index in [4.69, 9.17) is 27.9 Å². The van der Waals surface area contributed by atoms with Crippen LogP contribution >= 0.6 is 23.2 Å². The Kier molecular flexibility index (Phi) is 5.32. The van der Waals surface area contributed by atoms with Crippen LogP contribution in [-0.4, -0.2) is 18.0 Å². The molecule has 0 aliphatic carbocycles. The van der Waals surface area contributed by atoms with Crippen LogP contribution in [0, 0.1) is 5.82 Å². The van der Waals surface area contributed by atoms with E-state index in [2.05, 4.69) is 29.2 Å². The van der Waals surface area contributed by atoms with E-state index in [1.165, 1.54) is 17.2 Å². The number of benzene rings is 3. The van der Waals surface area contributed by atoms with Crippen molar-refractivity contribution in [1.29, 1.82) is 0 Å². The summed E-state index contributed by atoms with van der Waals surface area (Å²) in [5.74, 6) is -0.183. The van der Waals surface area contributed by atoms with E-state index in [1.54, 1.807) is 18.2 Å². The molecule has 1 unspecified atom stereocenters. The highest BCUT2D eigenvalue weighted by atomic mass is 35.5. The number of hydrogen-bond donors (Lipinski definition) is 0. The van der Waals surface area contributed by atoms with Crippen molar-refractivity contribution in [3.63, 3.8) is 0 Å². The Hall–Kier alpha value is -1.91. The molecule has 5 heteroatoms. The molecule has 3 aromatic rings. The third-order valence-corrected chi connectivity index (χ3v) is 6.66. The lowest BCUT2D eigenvalue weighted by molar-refractivity contribution is -0.0978. The van der Waals surface area contributed by atoms with Crippen molar-refractivity contribution in [2.75, 3.05) is 13.1 Å². The molecule has 5 rings (SSSR count). The summed E-state index contributed by atoms with van der Waals surface area (Å²) in [6, 6.07) is 20.9. The summed E-state index contributed by atoms with van der Waals surface area (Å²) < 4.78 is 20.3. The molecule has 0 aromatic heterocycles. The van der Waals surface area contributed by atoms with E-state index in [-0.39, 0.29) is 17.5 Å². The third kappa shape index (κ3) is 3.76. The summed E-state index contributed by atoms with van der Waals surface area (Å²) in [6.45, 7) is 2.55. The van der Waals surface area contributed by atoms with Crippen LogP contribution in [0.1, 0.15) is 41.2 Å². The van der Waals surface area contributed by atoms with Gasteiger partial charge in [-0.25, -0.2) is 4.39 Å². The second kappa shape index (κ2) is 7.97. The van der Waals surface area contributed by atoms with Crippen molar-refractivity contribution in [1.82, 2.24) is 4.90 Å². The molecule has 1 fully saturated rings. The zero-order valence-corrected chi connectivity index (χ0v) is 18.0. The number of fused-ring (bicyclic) bond motifs is 2. The van der Waals surface area contributed by atoms with Crippen LogP contribution in [0.3, 0.4) is 0 Å². The molecule has 0 amide bonds. The first-order chi connectivity index (χ1) is 14.5. The van der Waals surface area contributed by atoms with Gasteiger partial charge in [0.05, 0.1) is 5.60 Å². The molecule has 2 aliphatic rings. The molecule has 2 aliphatic heterocycles. The minimum absolute atomic E-state index is 0.174. The lowest BCUT2D eigenvalue weighted by atomic mass is 9.83. The number of halogens is 3. The first kappa shape index (κ1) is 20.0. The lowest BCUT2D eigenvalue weighted by Crippen LogP contribution is -2.42. The quantitative estimate of drug-likeness (QED) is 0.445. The zero-order valence-electron chi connectivity index (χ0n) is 16.5. The number of likely N-dealkylation sites (tertiary alicyclic amines) is 1. The zero-order chi connectivity index (χ0) is 20.7. The minimum Gasteiger partial charge on any atom is -0.358 e. The van der Waals surface area contributed by atoms with E-state index in [9.17, 15) is 4.39 Å². The summed E-state index contributed by atoms with van der Waals surface area (Å²) in [5.41, 5.74) is 4.13. The molecule has 2 heterocycles. The molecule has 0 radical (unpaired) electrons. The van der Waals surface area contributed by atoms with Gasteiger partial charge >= 0.3 is 0 Å². The highest BCUT2D eigenvalue weighted by Gasteiger charge is 2.47. The van der Waals surface area contributed by atoms with Crippen molar-refractivity contribution < 1.29 is 9.13 Å². The molecule has 1 atom stereocenters. The summed E-state index contributed by atoms with van der Waals surface area (Å²) in [5, 5.41) is 1.23. The smallest absolute Gasteiger partial charge is 0.123 e. The van der Waals surface area contributed by atoms with Gasteiger partial charge in [-0.05, 0) is 65.4 Å². The number of nitrogens with zero attached hydrogens (tertiary/aromatic N) is 1. The van der Waals surface area contributed by atoms with Gasteiger partial charge in [-0.2, -0.15) is 0 Å². The maximum atomic E-state index is 13.5. The Morgan fingerprint density at radius 1 is 0.933 bits per heavy atom. The number of hydrogen-bond acceptors (Lipinski definition) is 2. The van der Waals surface area contributed by atoms with Crippen LogP contribution in [0.5, 0.6) is 0 Å². The molecule has 0 saturated carbocycles. The van der Waals surface area contributed by atoms with Gasteiger partial charge < -0.3 is 4.74 Å². The second-order valence-corrected chi connectivity index (χ2v) is 9.06. The van der Waals surface area contributed by atoms with Crippen molar-refractivity contribution >= 4 is 23.2 Å². The van der Waals surface area contributed by atoms with E-state index in [0.717, 1.165) is 43.6 Å². The van der Waals surface area contributed by atoms with Crippen molar-refractivity contribution in [2.24, 2.45) is 0 Å². The van der Waals surface area contributed by atoms with Gasteiger partial charge in [0.1, 0.15) is 11.9 Å². The number of ether oxygens (including phenoxy) is 1. The van der Waals surface area contributed by atoms with Crippen LogP contribution < -0.4 is 0 Å². The van der Waals surface area contributed by atoms with E-state index < -0.39 is 0 Å². The van der Waals surface area contributed by atoms with E-state index in [0.29, 0.717) is 10.0 Å². The minimum atomic E-state index is -0.311. The van der Waals surface area contributed by atoms with Crippen LogP contribution in [0.4, 0.5) is 4.39 Å². The number of piperidine rings is 1. The number of rotatable bonds is 3. The molecular formula is C25H22Cl2FNO. The predicted octanol–water partition coefficient (Wildman–Crippen LogP) is 6.74. The summed E-state index contributed by atoms with van der Waals surface area (Å²) >= 11 is 12.5. The third-order valence-electron chi connectivity index (χ3n) is 6.22. The van der Waals surface area contributed by atoms with Crippen LogP contribution in [0.25, 0.3) is 0 Å². The second-order valence-electron chi connectivity index (χ2n) is 8.19. The van der Waals surface area contributed by atoms with Gasteiger partial charge in [-0.1, -0.05) is 59.6 Å². The Balaban J connectivity index is 1.39. The Morgan fingerprint density at radius 2 is 1.67 bits per heavy atom. The first-order valence-corrected chi connectivity index (χ1v) is 11.0. The van der Waals surface area contributed by atoms with Gasteiger partial charge in [0.15, 0.2) is 0 Å². The van der Waals surface area contributed by atoms with Crippen molar-refractivity contribution in [3.05, 3.63) is 105 Å². The van der Waals surface area contributed by atoms with E-state index in [1.807, 2.05) is 18.2 Å². The Bertz CT molecular complexity index is 1060. The molecule has 1 saturated heterocycles. The molecule has 2 nitrogen and oxygen atoms in total. The first-order valence-electron chi connectivity index (χ1n) is 10.2. The molecule has 1 spiro atoms. The van der Waals surface area contributed by atoms with Gasteiger partial charge in [0, 0.05) is 29.7 Å². The van der Waals surface area contributed by atoms with Gasteiger partial charge in [0.2, 0.25) is 0 Å². The molecule has 30 heavy (non-hydrogen) atoms. The summed E-state index contributed by atoms with van der Waals surface area (Å²) in [4.78, 5) is 2.37. The van der Waals surface area contributed by atoms with E-state index >= 15 is 0 Å². The van der Waals surface area contributed by atoms with Gasteiger partial charge in [0.25, 0.3) is 0 Å². The van der Waals surface area contributed by atoms with Crippen molar-refractivity contribution in [3.8, 4) is 0 Å². The molecule has 154 valence electrons.